The van der Waals surface area contributed by atoms with Crippen molar-refractivity contribution in [1.82, 2.24) is 4.90 Å². The minimum atomic E-state index is 0.282. The largest absolute Gasteiger partial charge is 0.373 e. The molecule has 0 bridgehead atoms. The first kappa shape index (κ1) is 14.5. The quantitative estimate of drug-likeness (QED) is 0.909. The van der Waals surface area contributed by atoms with Crippen LogP contribution in [0.15, 0.2) is 18.2 Å². The second-order valence-corrected chi connectivity index (χ2v) is 5.81. The van der Waals surface area contributed by atoms with E-state index in [9.17, 15) is 0 Å². The second-order valence-electron chi connectivity index (χ2n) is 5.81. The first-order chi connectivity index (χ1) is 9.01. The molecule has 1 aliphatic rings. The third-order valence-corrected chi connectivity index (χ3v) is 4.03. The molecule has 106 valence electrons. The Balaban J connectivity index is 2.21. The van der Waals surface area contributed by atoms with E-state index >= 15 is 0 Å². The van der Waals surface area contributed by atoms with Crippen LogP contribution in [-0.4, -0.2) is 36.7 Å². The van der Waals surface area contributed by atoms with E-state index in [1.807, 2.05) is 0 Å². The summed E-state index contributed by atoms with van der Waals surface area (Å²) in [6, 6.07) is 6.98. The maximum atomic E-state index is 6.03. The van der Waals surface area contributed by atoms with E-state index in [-0.39, 0.29) is 12.2 Å². The van der Waals surface area contributed by atoms with Crippen LogP contribution in [0.25, 0.3) is 0 Å². The maximum absolute atomic E-state index is 6.03. The fraction of sp³-hybridized carbons (Fsp3) is 0.625. The summed E-state index contributed by atoms with van der Waals surface area (Å²) in [5.74, 6) is 0. The minimum Gasteiger partial charge on any atom is -0.373 e. The van der Waals surface area contributed by atoms with Crippen molar-refractivity contribution >= 4 is 0 Å². The molecule has 3 heteroatoms. The van der Waals surface area contributed by atoms with E-state index in [2.05, 4.69) is 50.8 Å². The summed E-state index contributed by atoms with van der Waals surface area (Å²) >= 11 is 0. The van der Waals surface area contributed by atoms with E-state index in [4.69, 9.17) is 10.5 Å². The number of hydrogen-bond acceptors (Lipinski definition) is 3. The van der Waals surface area contributed by atoms with Crippen molar-refractivity contribution in [3.63, 3.8) is 0 Å². The first-order valence-corrected chi connectivity index (χ1v) is 7.18. The zero-order valence-electron chi connectivity index (χ0n) is 12.5. The lowest BCUT2D eigenvalue weighted by atomic mass is 9.99. The smallest absolute Gasteiger partial charge is 0.0678 e. The number of nitrogens with two attached hydrogens (primary N) is 1. The maximum Gasteiger partial charge on any atom is 0.0678 e. The van der Waals surface area contributed by atoms with Crippen molar-refractivity contribution in [3.05, 3.63) is 34.9 Å². The molecule has 0 aromatic heterocycles. The van der Waals surface area contributed by atoms with E-state index in [1.54, 1.807) is 0 Å². The summed E-state index contributed by atoms with van der Waals surface area (Å²) in [7, 11) is 0. The van der Waals surface area contributed by atoms with Gasteiger partial charge in [-0.15, -0.1) is 0 Å². The van der Waals surface area contributed by atoms with E-state index in [0.29, 0.717) is 12.6 Å². The van der Waals surface area contributed by atoms with Crippen LogP contribution < -0.4 is 5.73 Å². The summed E-state index contributed by atoms with van der Waals surface area (Å²) < 4.78 is 5.81. The van der Waals surface area contributed by atoms with Gasteiger partial charge in [-0.05, 0) is 44.4 Å². The predicted octanol–water partition coefficient (Wildman–Crippen LogP) is 2.41. The van der Waals surface area contributed by atoms with Gasteiger partial charge in [-0.3, -0.25) is 4.90 Å². The van der Waals surface area contributed by atoms with Crippen LogP contribution in [0, 0.1) is 13.8 Å². The highest BCUT2D eigenvalue weighted by Gasteiger charge is 2.28. The molecule has 0 saturated carbocycles. The Bertz CT molecular complexity index is 423. The van der Waals surface area contributed by atoms with Crippen LogP contribution >= 0.6 is 0 Å². The van der Waals surface area contributed by atoms with Gasteiger partial charge in [-0.25, -0.2) is 0 Å². The highest BCUT2D eigenvalue weighted by Crippen LogP contribution is 2.25. The standard InChI is InChI=1S/C16H26N2O/c1-11-5-6-15(7-12(11)2)16(8-17)18-9-13(3)19-14(4)10-18/h5-7,13-14,16H,8-10,17H2,1-4H3/t13-,14+,16-/m1/s1. The number of morpholine rings is 1. The molecule has 1 saturated heterocycles. The van der Waals surface area contributed by atoms with Crippen molar-refractivity contribution < 1.29 is 4.74 Å². The molecule has 2 rings (SSSR count). The monoisotopic (exact) mass is 262 g/mol. The number of aryl methyl sites for hydroxylation is 2. The molecule has 0 unspecified atom stereocenters. The molecule has 0 aliphatic carbocycles. The average Bonchev–Trinajstić information content (AvgIpc) is 2.33. The Morgan fingerprint density at radius 2 is 1.84 bits per heavy atom. The van der Waals surface area contributed by atoms with Crippen LogP contribution in [0.4, 0.5) is 0 Å². The van der Waals surface area contributed by atoms with Crippen molar-refractivity contribution in [3.8, 4) is 0 Å². The average molecular weight is 262 g/mol. The van der Waals surface area contributed by atoms with Crippen LogP contribution in [0.3, 0.4) is 0 Å². The lowest BCUT2D eigenvalue weighted by Gasteiger charge is -2.40. The molecule has 1 aliphatic heterocycles. The normalized spacial score (nSPS) is 26.4. The fourth-order valence-electron chi connectivity index (χ4n) is 2.94. The van der Waals surface area contributed by atoms with Crippen molar-refractivity contribution in [2.75, 3.05) is 19.6 Å². The zero-order valence-corrected chi connectivity index (χ0v) is 12.5. The van der Waals surface area contributed by atoms with Gasteiger partial charge in [-0.2, -0.15) is 0 Å². The molecule has 1 aromatic carbocycles. The molecular formula is C16H26N2O. The molecule has 0 radical (unpaired) electrons. The molecule has 3 atom stereocenters. The fourth-order valence-corrected chi connectivity index (χ4v) is 2.94. The zero-order chi connectivity index (χ0) is 14.0. The van der Waals surface area contributed by atoms with Gasteiger partial charge in [0, 0.05) is 25.7 Å². The summed E-state index contributed by atoms with van der Waals surface area (Å²) in [4.78, 5) is 2.46. The van der Waals surface area contributed by atoms with Crippen LogP contribution in [0.2, 0.25) is 0 Å². The number of nitrogens with zero attached hydrogens (tertiary/aromatic N) is 1. The van der Waals surface area contributed by atoms with Crippen molar-refractivity contribution in [2.24, 2.45) is 5.73 Å². The van der Waals surface area contributed by atoms with Gasteiger partial charge in [0.25, 0.3) is 0 Å². The number of hydrogen-bond donors (Lipinski definition) is 1. The minimum absolute atomic E-state index is 0.282. The summed E-state index contributed by atoms with van der Waals surface area (Å²) in [6.45, 7) is 11.2. The molecule has 0 amide bonds. The molecule has 3 nitrogen and oxygen atoms in total. The summed E-state index contributed by atoms with van der Waals surface area (Å²) in [6.07, 6.45) is 0.564. The lowest BCUT2D eigenvalue weighted by Crippen LogP contribution is -2.48. The van der Waals surface area contributed by atoms with Crippen LogP contribution in [0.5, 0.6) is 0 Å². The topological polar surface area (TPSA) is 38.5 Å². The number of ether oxygens (including phenoxy) is 1. The Hall–Kier alpha value is -0.900. The molecule has 19 heavy (non-hydrogen) atoms. The SMILES string of the molecule is Cc1ccc([C@@H](CN)N2C[C@@H](C)O[C@@H](C)C2)cc1C. The molecular weight excluding hydrogens is 236 g/mol. The highest BCUT2D eigenvalue weighted by atomic mass is 16.5. The van der Waals surface area contributed by atoms with E-state index < -0.39 is 0 Å². The van der Waals surface area contributed by atoms with Crippen molar-refractivity contribution in [1.29, 1.82) is 0 Å². The van der Waals surface area contributed by atoms with Crippen LogP contribution in [-0.2, 0) is 4.74 Å². The molecule has 0 spiro atoms. The van der Waals surface area contributed by atoms with Gasteiger partial charge < -0.3 is 10.5 Å². The van der Waals surface area contributed by atoms with E-state index in [1.165, 1.54) is 16.7 Å². The third-order valence-electron chi connectivity index (χ3n) is 4.03. The molecule has 1 fully saturated rings. The van der Waals surface area contributed by atoms with Gasteiger partial charge in [-0.1, -0.05) is 18.2 Å². The second kappa shape index (κ2) is 6.04. The number of rotatable bonds is 3. The Morgan fingerprint density at radius 1 is 1.21 bits per heavy atom. The van der Waals surface area contributed by atoms with Crippen molar-refractivity contribution in [2.45, 2.75) is 45.9 Å². The Kier molecular flexibility index (Phi) is 4.61. The van der Waals surface area contributed by atoms with Gasteiger partial charge in [0.2, 0.25) is 0 Å². The first-order valence-electron chi connectivity index (χ1n) is 7.18. The number of benzene rings is 1. The lowest BCUT2D eigenvalue weighted by molar-refractivity contribution is -0.0799. The summed E-state index contributed by atoms with van der Waals surface area (Å²) in [5.41, 5.74) is 10.0. The highest BCUT2D eigenvalue weighted by molar-refractivity contribution is 5.32. The van der Waals surface area contributed by atoms with Crippen LogP contribution in [0.1, 0.15) is 36.6 Å². The molecule has 2 N–H and O–H groups in total. The van der Waals surface area contributed by atoms with E-state index in [0.717, 1.165) is 13.1 Å². The van der Waals surface area contributed by atoms with Gasteiger partial charge in [0.15, 0.2) is 0 Å². The summed E-state index contributed by atoms with van der Waals surface area (Å²) in [5, 5.41) is 0. The Morgan fingerprint density at radius 3 is 2.37 bits per heavy atom. The van der Waals surface area contributed by atoms with Gasteiger partial charge >= 0.3 is 0 Å². The van der Waals surface area contributed by atoms with Gasteiger partial charge in [0.1, 0.15) is 0 Å². The molecule has 1 heterocycles. The molecule has 1 aromatic rings. The predicted molar refractivity (Wildman–Crippen MR) is 79.3 cm³/mol. The third kappa shape index (κ3) is 3.35. The Labute approximate surface area is 116 Å². The van der Waals surface area contributed by atoms with Gasteiger partial charge in [0.05, 0.1) is 12.2 Å².